The van der Waals surface area contributed by atoms with Crippen LogP contribution in [0.5, 0.6) is 23.0 Å². The van der Waals surface area contributed by atoms with Gasteiger partial charge in [0, 0.05) is 13.5 Å². The van der Waals surface area contributed by atoms with E-state index in [-0.39, 0.29) is 31.7 Å². The molecule has 0 N–H and O–H groups in total. The largest absolute Gasteiger partial charge is 0.454 e. The number of ketones is 1. The third-order valence-electron chi connectivity index (χ3n) is 6.43. The quantitative estimate of drug-likeness (QED) is 0.700. The molecule has 0 bridgehead atoms. The Morgan fingerprint density at radius 3 is 2.54 bits per heavy atom. The van der Waals surface area contributed by atoms with Crippen molar-refractivity contribution in [3.63, 3.8) is 0 Å². The monoisotopic (exact) mass is 379 g/mol. The first-order valence-electron chi connectivity index (χ1n) is 9.16. The van der Waals surface area contributed by atoms with Gasteiger partial charge < -0.3 is 23.8 Å². The van der Waals surface area contributed by atoms with E-state index < -0.39 is 11.5 Å². The molecule has 142 valence electrons. The molecule has 6 rings (SSSR count). The van der Waals surface area contributed by atoms with E-state index in [1.54, 1.807) is 18.0 Å². The molecule has 1 aliphatic carbocycles. The van der Waals surface area contributed by atoms with E-state index >= 15 is 0 Å². The molecule has 2 aromatic rings. The van der Waals surface area contributed by atoms with E-state index in [2.05, 4.69) is 0 Å². The van der Waals surface area contributed by atoms with Crippen LogP contribution < -0.4 is 18.9 Å². The molecule has 2 atom stereocenters. The van der Waals surface area contributed by atoms with E-state index in [0.717, 1.165) is 11.1 Å². The predicted molar refractivity (Wildman–Crippen MR) is 96.0 cm³/mol. The van der Waals surface area contributed by atoms with E-state index in [0.29, 0.717) is 34.1 Å². The summed E-state index contributed by atoms with van der Waals surface area (Å²) in [4.78, 5) is 28.4. The van der Waals surface area contributed by atoms with Gasteiger partial charge in [-0.1, -0.05) is 6.07 Å². The SMILES string of the molecule is CN1C(=O)c2c(ccc3c2OCO3)[C@@]2(C)C(=O)Cc3cc4c(cc3[C@H]12)OCO4. The Bertz CT molecular complexity index is 1090. The molecular weight excluding hydrogens is 362 g/mol. The lowest BCUT2D eigenvalue weighted by atomic mass is 9.61. The molecule has 0 unspecified atom stereocenters. The highest BCUT2D eigenvalue weighted by Crippen LogP contribution is 2.55. The number of hydrogen-bond donors (Lipinski definition) is 0. The van der Waals surface area contributed by atoms with Gasteiger partial charge in [0.25, 0.3) is 5.91 Å². The lowest BCUT2D eigenvalue weighted by Gasteiger charge is -2.49. The third kappa shape index (κ3) is 1.70. The maximum Gasteiger partial charge on any atom is 0.258 e. The summed E-state index contributed by atoms with van der Waals surface area (Å²) < 4.78 is 22.1. The van der Waals surface area contributed by atoms with Crippen LogP contribution in [-0.2, 0) is 16.6 Å². The summed E-state index contributed by atoms with van der Waals surface area (Å²) in [5.74, 6) is 2.13. The number of carbonyl (C=O) groups is 2. The Morgan fingerprint density at radius 1 is 1.00 bits per heavy atom. The van der Waals surface area contributed by atoms with Crippen LogP contribution in [0, 0.1) is 0 Å². The van der Waals surface area contributed by atoms with E-state index in [1.165, 1.54) is 0 Å². The maximum atomic E-state index is 13.4. The Kier molecular flexibility index (Phi) is 2.81. The highest BCUT2D eigenvalue weighted by molar-refractivity contribution is 6.07. The van der Waals surface area contributed by atoms with Crippen LogP contribution in [0.3, 0.4) is 0 Å². The molecule has 0 fully saturated rings. The number of fused-ring (bicyclic) bond motifs is 8. The Balaban J connectivity index is 1.63. The molecule has 0 saturated carbocycles. The summed E-state index contributed by atoms with van der Waals surface area (Å²) in [6.07, 6.45) is 0.273. The molecule has 3 heterocycles. The number of ether oxygens (including phenoxy) is 4. The number of amides is 1. The van der Waals surface area contributed by atoms with Crippen LogP contribution in [0.25, 0.3) is 0 Å². The second-order valence-electron chi connectivity index (χ2n) is 7.75. The van der Waals surface area contributed by atoms with Crippen LogP contribution in [0.2, 0.25) is 0 Å². The Hall–Kier alpha value is -3.22. The Morgan fingerprint density at radius 2 is 1.71 bits per heavy atom. The van der Waals surface area contributed by atoms with E-state index in [1.807, 2.05) is 25.1 Å². The first-order valence-corrected chi connectivity index (χ1v) is 9.16. The smallest absolute Gasteiger partial charge is 0.258 e. The van der Waals surface area contributed by atoms with Gasteiger partial charge in [-0.25, -0.2) is 0 Å². The number of likely N-dealkylation sites (N-methyl/N-ethyl adjacent to an activating group) is 1. The van der Waals surface area contributed by atoms with Crippen molar-refractivity contribution >= 4 is 11.7 Å². The fourth-order valence-electron chi connectivity index (χ4n) is 5.03. The van der Waals surface area contributed by atoms with Crippen LogP contribution in [0.4, 0.5) is 0 Å². The molecule has 4 aliphatic rings. The molecule has 7 heteroatoms. The lowest BCUT2D eigenvalue weighted by Crippen LogP contribution is -2.55. The van der Waals surface area contributed by atoms with Crippen molar-refractivity contribution in [2.45, 2.75) is 24.8 Å². The number of hydrogen-bond acceptors (Lipinski definition) is 6. The van der Waals surface area contributed by atoms with Crippen molar-refractivity contribution < 1.29 is 28.5 Å². The van der Waals surface area contributed by atoms with Gasteiger partial charge >= 0.3 is 0 Å². The summed E-state index contributed by atoms with van der Waals surface area (Å²) in [6, 6.07) is 6.96. The molecule has 28 heavy (non-hydrogen) atoms. The van der Waals surface area contributed by atoms with Gasteiger partial charge in [0.15, 0.2) is 23.0 Å². The molecule has 7 nitrogen and oxygen atoms in total. The predicted octanol–water partition coefficient (Wildman–Crippen LogP) is 2.35. The summed E-state index contributed by atoms with van der Waals surface area (Å²) in [7, 11) is 1.73. The zero-order valence-electron chi connectivity index (χ0n) is 15.4. The van der Waals surface area contributed by atoms with Gasteiger partial charge in [0.05, 0.1) is 17.0 Å². The standard InChI is InChI=1S/C21H17NO6/c1-21-12-3-4-13-18(28-9-25-13)17(12)20(24)22(2)19(21)11-7-15-14(26-8-27-15)5-10(11)6-16(21)23/h3-5,7,19H,6,8-9H2,1-2H3/t19-,21-/m0/s1. The number of benzene rings is 2. The average molecular weight is 379 g/mol. The Labute approximate surface area is 160 Å². The molecule has 0 radical (unpaired) electrons. The third-order valence-corrected chi connectivity index (χ3v) is 6.43. The minimum absolute atomic E-state index is 0.0586. The molecule has 0 aromatic heterocycles. The average Bonchev–Trinajstić information content (AvgIpc) is 3.33. The molecule has 3 aliphatic heterocycles. The van der Waals surface area contributed by atoms with Crippen molar-refractivity contribution in [2.24, 2.45) is 0 Å². The molecule has 0 saturated heterocycles. The highest BCUT2D eigenvalue weighted by atomic mass is 16.7. The van der Waals surface area contributed by atoms with Crippen LogP contribution >= 0.6 is 0 Å². The summed E-state index contributed by atoms with van der Waals surface area (Å²) >= 11 is 0. The number of Topliss-reactive ketones (excluding diaryl/α,β-unsaturated/α-hetero) is 1. The van der Waals surface area contributed by atoms with Crippen molar-refractivity contribution in [3.8, 4) is 23.0 Å². The summed E-state index contributed by atoms with van der Waals surface area (Å²) in [5.41, 5.74) is 2.03. The topological polar surface area (TPSA) is 74.3 Å². The van der Waals surface area contributed by atoms with E-state index in [4.69, 9.17) is 18.9 Å². The minimum Gasteiger partial charge on any atom is -0.454 e. The van der Waals surface area contributed by atoms with Crippen molar-refractivity contribution in [1.82, 2.24) is 4.90 Å². The van der Waals surface area contributed by atoms with Gasteiger partial charge in [-0.05, 0) is 41.8 Å². The van der Waals surface area contributed by atoms with Gasteiger partial charge in [0.1, 0.15) is 5.78 Å². The van der Waals surface area contributed by atoms with Gasteiger partial charge in [-0.3, -0.25) is 9.59 Å². The van der Waals surface area contributed by atoms with Crippen LogP contribution in [-0.4, -0.2) is 37.2 Å². The second-order valence-corrected chi connectivity index (χ2v) is 7.75. The fraction of sp³-hybridized carbons (Fsp3) is 0.333. The summed E-state index contributed by atoms with van der Waals surface area (Å²) in [5, 5.41) is 0. The molecule has 0 spiro atoms. The van der Waals surface area contributed by atoms with Crippen molar-refractivity contribution in [3.05, 3.63) is 46.5 Å². The first kappa shape index (κ1) is 15.8. The highest BCUT2D eigenvalue weighted by Gasteiger charge is 2.56. The summed E-state index contributed by atoms with van der Waals surface area (Å²) in [6.45, 7) is 2.15. The lowest BCUT2D eigenvalue weighted by molar-refractivity contribution is -0.126. The molecular formula is C21H17NO6. The fourth-order valence-corrected chi connectivity index (χ4v) is 5.03. The van der Waals surface area contributed by atoms with Gasteiger partial charge in [0.2, 0.25) is 13.6 Å². The zero-order valence-corrected chi connectivity index (χ0v) is 15.4. The van der Waals surface area contributed by atoms with Crippen LogP contribution in [0.1, 0.15) is 40.0 Å². The first-order chi connectivity index (χ1) is 13.5. The van der Waals surface area contributed by atoms with Gasteiger partial charge in [-0.2, -0.15) is 0 Å². The second kappa shape index (κ2) is 4.98. The van der Waals surface area contributed by atoms with Crippen molar-refractivity contribution in [2.75, 3.05) is 20.6 Å². The number of nitrogens with zero attached hydrogens (tertiary/aromatic N) is 1. The zero-order chi connectivity index (χ0) is 19.2. The number of rotatable bonds is 0. The number of carbonyl (C=O) groups excluding carboxylic acids is 2. The minimum atomic E-state index is -0.889. The molecule has 1 amide bonds. The van der Waals surface area contributed by atoms with E-state index in [9.17, 15) is 9.59 Å². The molecule has 2 aromatic carbocycles. The van der Waals surface area contributed by atoms with Crippen LogP contribution in [0.15, 0.2) is 24.3 Å². The van der Waals surface area contributed by atoms with Gasteiger partial charge in [-0.15, -0.1) is 0 Å². The maximum absolute atomic E-state index is 13.4. The van der Waals surface area contributed by atoms with Crippen molar-refractivity contribution in [1.29, 1.82) is 0 Å². The normalized spacial score (nSPS) is 26.1.